The van der Waals surface area contributed by atoms with Crippen LogP contribution in [0.4, 0.5) is 5.13 Å². The van der Waals surface area contributed by atoms with Gasteiger partial charge in [0.25, 0.3) is 0 Å². The van der Waals surface area contributed by atoms with Crippen molar-refractivity contribution in [3.05, 3.63) is 34.6 Å². The van der Waals surface area contributed by atoms with E-state index in [1.54, 1.807) is 6.92 Å². The lowest BCUT2D eigenvalue weighted by atomic mass is 10.2. The number of hydrogen-bond donors (Lipinski definition) is 1. The number of hydrogen-bond acceptors (Lipinski definition) is 9. The van der Waals surface area contributed by atoms with Crippen LogP contribution in [0.25, 0.3) is 0 Å². The Morgan fingerprint density at radius 2 is 2.00 bits per heavy atom. The van der Waals surface area contributed by atoms with Crippen LogP contribution < -0.4 is 14.8 Å². The average Bonchev–Trinajstić information content (AvgIpc) is 3.27. The highest BCUT2D eigenvalue weighted by Gasteiger charge is 2.20. The zero-order chi connectivity index (χ0) is 21.7. The van der Waals surface area contributed by atoms with E-state index in [4.69, 9.17) is 9.47 Å². The number of anilines is 1. The van der Waals surface area contributed by atoms with Crippen LogP contribution in [0.2, 0.25) is 0 Å². The molecule has 1 atom stereocenters. The summed E-state index contributed by atoms with van der Waals surface area (Å²) in [5, 5.41) is 20.5. The van der Waals surface area contributed by atoms with Crippen molar-refractivity contribution < 1.29 is 14.3 Å². The molecular formula is C19H24N6O3S2. The number of rotatable bonds is 9. The van der Waals surface area contributed by atoms with Crippen LogP contribution in [0.1, 0.15) is 30.2 Å². The van der Waals surface area contributed by atoms with Crippen molar-refractivity contribution in [1.82, 2.24) is 25.0 Å². The summed E-state index contributed by atoms with van der Waals surface area (Å²) in [5.41, 5.74) is 1.10. The third-order valence-electron chi connectivity index (χ3n) is 4.09. The summed E-state index contributed by atoms with van der Waals surface area (Å²) in [6.45, 7) is 8.37. The molecule has 1 amide bonds. The minimum absolute atomic E-state index is 0.169. The van der Waals surface area contributed by atoms with E-state index in [1.165, 1.54) is 23.1 Å². The van der Waals surface area contributed by atoms with Gasteiger partial charge in [0.2, 0.25) is 11.0 Å². The Morgan fingerprint density at radius 1 is 1.20 bits per heavy atom. The Labute approximate surface area is 183 Å². The van der Waals surface area contributed by atoms with Gasteiger partial charge in [-0.15, -0.1) is 20.4 Å². The molecule has 30 heavy (non-hydrogen) atoms. The van der Waals surface area contributed by atoms with Crippen LogP contribution in [0.3, 0.4) is 0 Å². The van der Waals surface area contributed by atoms with Crippen molar-refractivity contribution in [2.75, 3.05) is 11.9 Å². The number of thioether (sulfide) groups is 1. The zero-order valence-corrected chi connectivity index (χ0v) is 19.1. The standard InChI is InChI=1S/C19H24N6O3S2/c1-6-27-15-9-11(2)7-8-14(15)28-10-16-22-24-19(25(16)5)29-12(3)17(26)20-18-23-21-13(4)30-18/h7-9,12H,6,10H2,1-5H3,(H,20,23,26)/t12-/m0/s1. The first-order valence-corrected chi connectivity index (χ1v) is 11.1. The molecule has 0 spiro atoms. The van der Waals surface area contributed by atoms with Gasteiger partial charge in [0.05, 0.1) is 11.9 Å². The van der Waals surface area contributed by atoms with Gasteiger partial charge in [-0.25, -0.2) is 0 Å². The van der Waals surface area contributed by atoms with Crippen LogP contribution in [-0.2, 0) is 18.4 Å². The van der Waals surface area contributed by atoms with Crippen molar-refractivity contribution in [3.8, 4) is 11.5 Å². The SMILES string of the molecule is CCOc1cc(C)ccc1OCc1nnc(S[C@@H](C)C(=O)Nc2nnc(C)s2)n1C. The molecule has 2 aromatic heterocycles. The molecule has 0 aliphatic rings. The molecule has 1 N–H and O–H groups in total. The summed E-state index contributed by atoms with van der Waals surface area (Å²) < 4.78 is 13.4. The molecule has 0 aliphatic heterocycles. The lowest BCUT2D eigenvalue weighted by molar-refractivity contribution is -0.115. The molecule has 160 valence electrons. The Kier molecular flexibility index (Phi) is 7.27. The summed E-state index contributed by atoms with van der Waals surface area (Å²) >= 11 is 2.65. The molecule has 3 rings (SSSR count). The van der Waals surface area contributed by atoms with E-state index in [0.717, 1.165) is 10.6 Å². The Bertz CT molecular complexity index is 1020. The second-order valence-electron chi connectivity index (χ2n) is 6.51. The molecule has 0 radical (unpaired) electrons. The minimum atomic E-state index is -0.382. The lowest BCUT2D eigenvalue weighted by Crippen LogP contribution is -2.22. The molecule has 9 nitrogen and oxygen atoms in total. The number of aromatic nitrogens is 5. The van der Waals surface area contributed by atoms with Gasteiger partial charge < -0.3 is 14.0 Å². The average molecular weight is 449 g/mol. The van der Waals surface area contributed by atoms with Gasteiger partial charge in [-0.2, -0.15) is 0 Å². The summed E-state index contributed by atoms with van der Waals surface area (Å²) in [6.07, 6.45) is 0. The lowest BCUT2D eigenvalue weighted by Gasteiger charge is -2.13. The minimum Gasteiger partial charge on any atom is -0.490 e. The third kappa shape index (κ3) is 5.48. The molecule has 0 unspecified atom stereocenters. The van der Waals surface area contributed by atoms with Gasteiger partial charge >= 0.3 is 0 Å². The predicted molar refractivity (Wildman–Crippen MR) is 116 cm³/mol. The fourth-order valence-electron chi connectivity index (χ4n) is 2.48. The molecule has 0 fully saturated rings. The van der Waals surface area contributed by atoms with E-state index in [0.29, 0.717) is 34.2 Å². The fraction of sp³-hybridized carbons (Fsp3) is 0.421. The Morgan fingerprint density at radius 3 is 2.70 bits per heavy atom. The summed E-state index contributed by atoms with van der Waals surface area (Å²) in [4.78, 5) is 12.4. The van der Waals surface area contributed by atoms with Crippen LogP contribution >= 0.6 is 23.1 Å². The van der Waals surface area contributed by atoms with Gasteiger partial charge in [0, 0.05) is 7.05 Å². The molecule has 0 saturated heterocycles. The molecule has 1 aromatic carbocycles. The number of nitrogens with zero attached hydrogens (tertiary/aromatic N) is 5. The van der Waals surface area contributed by atoms with E-state index in [-0.39, 0.29) is 17.8 Å². The number of nitrogens with one attached hydrogen (secondary N) is 1. The van der Waals surface area contributed by atoms with Crippen molar-refractivity contribution in [2.24, 2.45) is 7.05 Å². The predicted octanol–water partition coefficient (Wildman–Crippen LogP) is 3.38. The topological polar surface area (TPSA) is 104 Å². The normalized spacial score (nSPS) is 11.9. The van der Waals surface area contributed by atoms with Crippen molar-refractivity contribution in [1.29, 1.82) is 0 Å². The monoisotopic (exact) mass is 448 g/mol. The Balaban J connectivity index is 1.61. The maximum atomic E-state index is 12.4. The van der Waals surface area contributed by atoms with Gasteiger partial charge in [0.1, 0.15) is 11.6 Å². The van der Waals surface area contributed by atoms with Crippen molar-refractivity contribution in [3.63, 3.8) is 0 Å². The fourth-order valence-corrected chi connectivity index (χ4v) is 3.91. The largest absolute Gasteiger partial charge is 0.490 e. The number of carbonyl (C=O) groups is 1. The summed E-state index contributed by atoms with van der Waals surface area (Å²) in [6, 6.07) is 5.79. The maximum Gasteiger partial charge on any atom is 0.239 e. The number of aryl methyl sites for hydroxylation is 2. The van der Waals surface area contributed by atoms with Gasteiger partial charge in [-0.3, -0.25) is 10.1 Å². The van der Waals surface area contributed by atoms with Crippen LogP contribution in [0.15, 0.2) is 23.4 Å². The van der Waals surface area contributed by atoms with Crippen LogP contribution in [0, 0.1) is 13.8 Å². The number of ether oxygens (including phenoxy) is 2. The number of benzene rings is 1. The highest BCUT2D eigenvalue weighted by molar-refractivity contribution is 8.00. The second kappa shape index (κ2) is 9.90. The van der Waals surface area contributed by atoms with E-state index in [9.17, 15) is 4.79 Å². The first-order valence-electron chi connectivity index (χ1n) is 9.39. The Hall–Kier alpha value is -2.66. The molecule has 11 heteroatoms. The highest BCUT2D eigenvalue weighted by Crippen LogP contribution is 2.29. The van der Waals surface area contributed by atoms with Crippen molar-refractivity contribution >= 4 is 34.1 Å². The first-order chi connectivity index (χ1) is 14.4. The molecule has 0 bridgehead atoms. The zero-order valence-electron chi connectivity index (χ0n) is 17.5. The van der Waals surface area contributed by atoms with Crippen molar-refractivity contribution in [2.45, 2.75) is 44.7 Å². The summed E-state index contributed by atoms with van der Waals surface area (Å²) in [7, 11) is 1.85. The van der Waals surface area contributed by atoms with E-state index < -0.39 is 0 Å². The first kappa shape index (κ1) is 22.0. The third-order valence-corrected chi connectivity index (χ3v) is 5.98. The molecule has 2 heterocycles. The number of amides is 1. The number of carbonyl (C=O) groups excluding carboxylic acids is 1. The van der Waals surface area contributed by atoms with E-state index in [2.05, 4.69) is 25.7 Å². The van der Waals surface area contributed by atoms with E-state index in [1.807, 2.05) is 50.6 Å². The smallest absolute Gasteiger partial charge is 0.239 e. The molecule has 0 saturated carbocycles. The van der Waals surface area contributed by atoms with Gasteiger partial charge in [-0.1, -0.05) is 29.2 Å². The second-order valence-corrected chi connectivity index (χ2v) is 8.99. The summed E-state index contributed by atoms with van der Waals surface area (Å²) in [5.74, 6) is 1.83. The molecule has 3 aromatic rings. The van der Waals surface area contributed by atoms with Gasteiger partial charge in [0.15, 0.2) is 22.5 Å². The van der Waals surface area contributed by atoms with Crippen LogP contribution in [-0.4, -0.2) is 42.7 Å². The molecular weight excluding hydrogens is 424 g/mol. The van der Waals surface area contributed by atoms with E-state index >= 15 is 0 Å². The van der Waals surface area contributed by atoms with Crippen LogP contribution in [0.5, 0.6) is 11.5 Å². The molecule has 0 aliphatic carbocycles. The maximum absolute atomic E-state index is 12.4. The van der Waals surface area contributed by atoms with Gasteiger partial charge in [-0.05, 0) is 45.4 Å². The quantitative estimate of drug-likeness (QED) is 0.497. The highest BCUT2D eigenvalue weighted by atomic mass is 32.2.